The quantitative estimate of drug-likeness (QED) is 0.761. The highest BCUT2D eigenvalue weighted by molar-refractivity contribution is 14.1. The van der Waals surface area contributed by atoms with Gasteiger partial charge in [0.05, 0.1) is 5.69 Å². The molecule has 1 aromatic carbocycles. The molecule has 7 heteroatoms. The summed E-state index contributed by atoms with van der Waals surface area (Å²) in [6.45, 7) is 1.06. The zero-order valence-electron chi connectivity index (χ0n) is 10.4. The summed E-state index contributed by atoms with van der Waals surface area (Å²) in [6.07, 6.45) is 1.42. The Hall–Kier alpha value is -0.380. The molecule has 0 bridgehead atoms. The summed E-state index contributed by atoms with van der Waals surface area (Å²) < 4.78 is 29.4. The van der Waals surface area contributed by atoms with E-state index in [9.17, 15) is 8.42 Å². The molecule has 1 aliphatic rings. The van der Waals surface area contributed by atoms with Crippen LogP contribution in [0.25, 0.3) is 0 Å². The maximum Gasteiger partial charge on any atom is 0.301 e. The van der Waals surface area contributed by atoms with Crippen LogP contribution >= 0.6 is 22.6 Å². The SMILES string of the molecule is O=S(=O)(Nc1cccc(I)c1)N1CCC(CO)CC1. The van der Waals surface area contributed by atoms with Gasteiger partial charge < -0.3 is 5.11 Å². The van der Waals surface area contributed by atoms with Gasteiger partial charge in [0, 0.05) is 23.3 Å². The highest BCUT2D eigenvalue weighted by Crippen LogP contribution is 2.21. The fraction of sp³-hybridized carbons (Fsp3) is 0.500. The number of benzene rings is 1. The largest absolute Gasteiger partial charge is 0.396 e. The summed E-state index contributed by atoms with van der Waals surface area (Å²) >= 11 is 2.14. The number of aliphatic hydroxyl groups is 1. The summed E-state index contributed by atoms with van der Waals surface area (Å²) in [5, 5.41) is 9.06. The van der Waals surface area contributed by atoms with Crippen molar-refractivity contribution in [2.45, 2.75) is 12.8 Å². The average molecular weight is 396 g/mol. The Morgan fingerprint density at radius 3 is 2.63 bits per heavy atom. The van der Waals surface area contributed by atoms with Crippen molar-refractivity contribution in [3.63, 3.8) is 0 Å². The number of nitrogens with one attached hydrogen (secondary N) is 1. The van der Waals surface area contributed by atoms with Crippen molar-refractivity contribution in [3.8, 4) is 0 Å². The predicted molar refractivity (Wildman–Crippen MR) is 83.1 cm³/mol. The Kier molecular flexibility index (Phi) is 5.04. The van der Waals surface area contributed by atoms with E-state index in [1.54, 1.807) is 12.1 Å². The van der Waals surface area contributed by atoms with Crippen molar-refractivity contribution in [3.05, 3.63) is 27.8 Å². The van der Waals surface area contributed by atoms with E-state index in [2.05, 4.69) is 27.3 Å². The molecule has 106 valence electrons. The monoisotopic (exact) mass is 396 g/mol. The smallest absolute Gasteiger partial charge is 0.301 e. The third-order valence-electron chi connectivity index (χ3n) is 3.24. The van der Waals surface area contributed by atoms with Crippen LogP contribution in [0.2, 0.25) is 0 Å². The van der Waals surface area contributed by atoms with Gasteiger partial charge in [0.25, 0.3) is 0 Å². The number of halogens is 1. The molecule has 0 spiro atoms. The van der Waals surface area contributed by atoms with Gasteiger partial charge in [-0.2, -0.15) is 12.7 Å². The first-order chi connectivity index (χ1) is 9.01. The number of aliphatic hydroxyl groups excluding tert-OH is 1. The van der Waals surface area contributed by atoms with Crippen LogP contribution in [0.4, 0.5) is 5.69 Å². The molecule has 1 heterocycles. The normalized spacial score (nSPS) is 18.4. The second-order valence-electron chi connectivity index (χ2n) is 4.64. The minimum Gasteiger partial charge on any atom is -0.396 e. The van der Waals surface area contributed by atoms with Crippen LogP contribution in [0.3, 0.4) is 0 Å². The highest BCUT2D eigenvalue weighted by Gasteiger charge is 2.27. The number of piperidine rings is 1. The first-order valence-electron chi connectivity index (χ1n) is 6.15. The molecule has 5 nitrogen and oxygen atoms in total. The summed E-state index contributed by atoms with van der Waals surface area (Å²) in [5.74, 6) is 0.226. The molecule has 0 atom stereocenters. The van der Waals surface area contributed by atoms with Crippen molar-refractivity contribution in [1.82, 2.24) is 4.31 Å². The lowest BCUT2D eigenvalue weighted by Gasteiger charge is -2.30. The van der Waals surface area contributed by atoms with Crippen molar-refractivity contribution < 1.29 is 13.5 Å². The standard InChI is InChI=1S/C12H17IN2O3S/c13-11-2-1-3-12(8-11)14-19(17,18)15-6-4-10(9-16)5-7-15/h1-3,8,10,14,16H,4-7,9H2. The molecule has 0 saturated carbocycles. The molecule has 2 N–H and O–H groups in total. The lowest BCUT2D eigenvalue weighted by atomic mass is 10.00. The summed E-state index contributed by atoms with van der Waals surface area (Å²) in [5.41, 5.74) is 0.580. The fourth-order valence-electron chi connectivity index (χ4n) is 2.10. The van der Waals surface area contributed by atoms with Crippen molar-refractivity contribution in [2.24, 2.45) is 5.92 Å². The fourth-order valence-corrected chi connectivity index (χ4v) is 3.89. The average Bonchev–Trinajstić information content (AvgIpc) is 2.38. The molecule has 0 aromatic heterocycles. The minimum absolute atomic E-state index is 0.137. The van der Waals surface area contributed by atoms with E-state index in [0.717, 1.165) is 3.57 Å². The van der Waals surface area contributed by atoms with Crippen LogP contribution < -0.4 is 4.72 Å². The van der Waals surface area contributed by atoms with E-state index in [1.807, 2.05) is 12.1 Å². The van der Waals surface area contributed by atoms with Crippen LogP contribution in [0.5, 0.6) is 0 Å². The van der Waals surface area contributed by atoms with Gasteiger partial charge >= 0.3 is 10.2 Å². The van der Waals surface area contributed by atoms with E-state index in [0.29, 0.717) is 31.6 Å². The third kappa shape index (κ3) is 4.04. The van der Waals surface area contributed by atoms with Gasteiger partial charge in [-0.05, 0) is 59.5 Å². The highest BCUT2D eigenvalue weighted by atomic mass is 127. The van der Waals surface area contributed by atoms with Gasteiger partial charge in [0.15, 0.2) is 0 Å². The van der Waals surface area contributed by atoms with Crippen molar-refractivity contribution >= 4 is 38.5 Å². The predicted octanol–water partition coefficient (Wildman–Crippen LogP) is 1.65. The Morgan fingerprint density at radius 2 is 2.05 bits per heavy atom. The first-order valence-corrected chi connectivity index (χ1v) is 8.67. The van der Waals surface area contributed by atoms with Gasteiger partial charge in [-0.25, -0.2) is 0 Å². The Bertz CT molecular complexity index is 528. The Morgan fingerprint density at radius 1 is 1.37 bits per heavy atom. The molecule has 1 aliphatic heterocycles. The summed E-state index contributed by atoms with van der Waals surface area (Å²) in [6, 6.07) is 7.25. The zero-order chi connectivity index (χ0) is 13.9. The maximum absolute atomic E-state index is 12.2. The van der Waals surface area contributed by atoms with E-state index in [1.165, 1.54) is 4.31 Å². The molecule has 2 rings (SSSR count). The Labute approximate surface area is 127 Å². The van der Waals surface area contributed by atoms with E-state index < -0.39 is 10.2 Å². The second kappa shape index (κ2) is 6.38. The van der Waals surface area contributed by atoms with Crippen LogP contribution in [-0.4, -0.2) is 37.5 Å². The molecule has 19 heavy (non-hydrogen) atoms. The number of hydrogen-bond acceptors (Lipinski definition) is 3. The zero-order valence-corrected chi connectivity index (χ0v) is 13.4. The van der Waals surface area contributed by atoms with Gasteiger partial charge in [-0.1, -0.05) is 6.07 Å². The van der Waals surface area contributed by atoms with Crippen LogP contribution in [0, 0.1) is 9.49 Å². The van der Waals surface area contributed by atoms with Gasteiger partial charge in [0.2, 0.25) is 0 Å². The van der Waals surface area contributed by atoms with Gasteiger partial charge in [-0.3, -0.25) is 4.72 Å². The van der Waals surface area contributed by atoms with Crippen LogP contribution in [0.15, 0.2) is 24.3 Å². The van der Waals surface area contributed by atoms with E-state index >= 15 is 0 Å². The number of hydrogen-bond donors (Lipinski definition) is 2. The minimum atomic E-state index is -3.49. The van der Waals surface area contributed by atoms with E-state index in [-0.39, 0.29) is 12.5 Å². The molecule has 1 fully saturated rings. The van der Waals surface area contributed by atoms with Crippen molar-refractivity contribution in [1.29, 1.82) is 0 Å². The number of anilines is 1. The molecular weight excluding hydrogens is 379 g/mol. The molecule has 0 radical (unpaired) electrons. The molecule has 1 aromatic rings. The molecule has 0 aliphatic carbocycles. The lowest BCUT2D eigenvalue weighted by molar-refractivity contribution is 0.170. The topological polar surface area (TPSA) is 69.6 Å². The molecular formula is C12H17IN2O3S. The van der Waals surface area contributed by atoms with Gasteiger partial charge in [-0.15, -0.1) is 0 Å². The van der Waals surface area contributed by atoms with Crippen molar-refractivity contribution in [2.75, 3.05) is 24.4 Å². The second-order valence-corrected chi connectivity index (χ2v) is 7.56. The third-order valence-corrected chi connectivity index (χ3v) is 5.45. The molecule has 0 unspecified atom stereocenters. The number of nitrogens with zero attached hydrogens (tertiary/aromatic N) is 1. The maximum atomic E-state index is 12.2. The summed E-state index contributed by atoms with van der Waals surface area (Å²) in [7, 11) is -3.49. The lowest BCUT2D eigenvalue weighted by Crippen LogP contribution is -2.42. The van der Waals surface area contributed by atoms with E-state index in [4.69, 9.17) is 5.11 Å². The molecule has 0 amide bonds. The summed E-state index contributed by atoms with van der Waals surface area (Å²) in [4.78, 5) is 0. The Balaban J connectivity index is 2.03. The first kappa shape index (κ1) is 15.0. The van der Waals surface area contributed by atoms with Crippen LogP contribution in [-0.2, 0) is 10.2 Å². The van der Waals surface area contributed by atoms with Crippen LogP contribution in [0.1, 0.15) is 12.8 Å². The number of rotatable bonds is 4. The van der Waals surface area contributed by atoms with Gasteiger partial charge in [0.1, 0.15) is 0 Å². The molecule has 1 saturated heterocycles.